The van der Waals surface area contributed by atoms with Gasteiger partial charge in [0.1, 0.15) is 0 Å². The standard InChI is InChI=1S/C17H29NO3/c1-12(10-14-6-4-3-5-7-14)16(19)18(15-8-9-15)11-13(2)17(20)21/h12-15H,3-11H2,1-2H3,(H,20,21). The van der Waals surface area contributed by atoms with Gasteiger partial charge in [0, 0.05) is 18.5 Å². The van der Waals surface area contributed by atoms with Crippen LogP contribution in [-0.4, -0.2) is 34.5 Å². The summed E-state index contributed by atoms with van der Waals surface area (Å²) in [5.41, 5.74) is 0. The highest BCUT2D eigenvalue weighted by molar-refractivity contribution is 5.80. The Balaban J connectivity index is 1.89. The minimum absolute atomic E-state index is 0.0368. The summed E-state index contributed by atoms with van der Waals surface area (Å²) in [5, 5.41) is 9.08. The molecular formula is C17H29NO3. The van der Waals surface area contributed by atoms with Gasteiger partial charge in [0.05, 0.1) is 5.92 Å². The summed E-state index contributed by atoms with van der Waals surface area (Å²) < 4.78 is 0. The topological polar surface area (TPSA) is 57.6 Å². The van der Waals surface area contributed by atoms with Crippen molar-refractivity contribution in [1.29, 1.82) is 0 Å². The molecule has 2 fully saturated rings. The molecule has 0 radical (unpaired) electrons. The third kappa shape index (κ3) is 4.72. The van der Waals surface area contributed by atoms with Gasteiger partial charge in [-0.1, -0.05) is 46.0 Å². The van der Waals surface area contributed by atoms with Crippen molar-refractivity contribution in [2.24, 2.45) is 17.8 Å². The van der Waals surface area contributed by atoms with Gasteiger partial charge in [-0.2, -0.15) is 0 Å². The van der Waals surface area contributed by atoms with Crippen LogP contribution in [0, 0.1) is 17.8 Å². The van der Waals surface area contributed by atoms with Gasteiger partial charge in [0.15, 0.2) is 0 Å². The first-order chi connectivity index (χ1) is 9.99. The zero-order valence-corrected chi connectivity index (χ0v) is 13.4. The summed E-state index contributed by atoms with van der Waals surface area (Å²) in [7, 11) is 0. The van der Waals surface area contributed by atoms with Crippen LogP contribution in [0.5, 0.6) is 0 Å². The van der Waals surface area contributed by atoms with E-state index in [2.05, 4.69) is 0 Å². The maximum absolute atomic E-state index is 12.7. The first-order valence-corrected chi connectivity index (χ1v) is 8.52. The molecule has 0 aromatic heterocycles. The van der Waals surface area contributed by atoms with Crippen molar-refractivity contribution in [1.82, 2.24) is 4.90 Å². The molecular weight excluding hydrogens is 266 g/mol. The van der Waals surface area contributed by atoms with Gasteiger partial charge in [-0.25, -0.2) is 0 Å². The van der Waals surface area contributed by atoms with E-state index in [1.165, 1.54) is 32.1 Å². The van der Waals surface area contributed by atoms with Crippen molar-refractivity contribution in [3.8, 4) is 0 Å². The molecule has 21 heavy (non-hydrogen) atoms. The minimum atomic E-state index is -0.812. The van der Waals surface area contributed by atoms with Crippen molar-refractivity contribution in [2.75, 3.05) is 6.54 Å². The number of carboxylic acids is 1. The fraction of sp³-hybridized carbons (Fsp3) is 0.882. The normalized spacial score (nSPS) is 22.6. The molecule has 2 aliphatic rings. The Labute approximate surface area is 127 Å². The third-order valence-corrected chi connectivity index (χ3v) is 5.00. The number of amides is 1. The van der Waals surface area contributed by atoms with E-state index >= 15 is 0 Å². The van der Waals surface area contributed by atoms with Crippen LogP contribution in [0.15, 0.2) is 0 Å². The molecule has 0 heterocycles. The highest BCUT2D eigenvalue weighted by Gasteiger charge is 2.36. The lowest BCUT2D eigenvalue weighted by atomic mass is 9.83. The fourth-order valence-electron chi connectivity index (χ4n) is 3.49. The van der Waals surface area contributed by atoms with E-state index in [9.17, 15) is 9.59 Å². The molecule has 4 heteroatoms. The largest absolute Gasteiger partial charge is 0.481 e. The van der Waals surface area contributed by atoms with Crippen LogP contribution in [0.4, 0.5) is 0 Å². The zero-order valence-electron chi connectivity index (χ0n) is 13.4. The van der Waals surface area contributed by atoms with E-state index in [0.29, 0.717) is 18.5 Å². The number of carbonyl (C=O) groups is 2. The molecule has 1 N–H and O–H groups in total. The summed E-state index contributed by atoms with van der Waals surface area (Å²) >= 11 is 0. The molecule has 120 valence electrons. The maximum atomic E-state index is 12.7. The number of hydrogen-bond donors (Lipinski definition) is 1. The molecule has 0 aromatic rings. The molecule has 2 atom stereocenters. The van der Waals surface area contributed by atoms with Gasteiger partial charge < -0.3 is 10.0 Å². The monoisotopic (exact) mass is 295 g/mol. The fourth-order valence-corrected chi connectivity index (χ4v) is 3.49. The lowest BCUT2D eigenvalue weighted by Crippen LogP contribution is -2.41. The molecule has 2 saturated carbocycles. The number of rotatable bonds is 7. The number of carboxylic acid groups (broad SMARTS) is 1. The van der Waals surface area contributed by atoms with Crippen LogP contribution >= 0.6 is 0 Å². The van der Waals surface area contributed by atoms with Crippen LogP contribution in [0.25, 0.3) is 0 Å². The molecule has 0 saturated heterocycles. The molecule has 2 aliphatic carbocycles. The van der Waals surface area contributed by atoms with Crippen molar-refractivity contribution >= 4 is 11.9 Å². The van der Waals surface area contributed by atoms with Crippen molar-refractivity contribution in [3.05, 3.63) is 0 Å². The van der Waals surface area contributed by atoms with E-state index in [-0.39, 0.29) is 11.8 Å². The SMILES string of the molecule is CC(CN(C(=O)C(C)CC1CCCCC1)C1CC1)C(=O)O. The minimum Gasteiger partial charge on any atom is -0.481 e. The van der Waals surface area contributed by atoms with Gasteiger partial charge in [-0.3, -0.25) is 9.59 Å². The van der Waals surface area contributed by atoms with Crippen molar-refractivity contribution in [2.45, 2.75) is 71.3 Å². The van der Waals surface area contributed by atoms with Gasteiger partial charge >= 0.3 is 5.97 Å². The second-order valence-corrected chi connectivity index (χ2v) is 7.10. The van der Waals surface area contributed by atoms with Crippen LogP contribution in [0.1, 0.15) is 65.2 Å². The van der Waals surface area contributed by atoms with Gasteiger partial charge in [-0.05, 0) is 25.2 Å². The van der Waals surface area contributed by atoms with E-state index in [0.717, 1.165) is 19.3 Å². The van der Waals surface area contributed by atoms with Crippen LogP contribution in [0.2, 0.25) is 0 Å². The third-order valence-electron chi connectivity index (χ3n) is 5.00. The number of carbonyl (C=O) groups excluding carboxylic acids is 1. The Kier molecular flexibility index (Phi) is 5.65. The van der Waals surface area contributed by atoms with Crippen LogP contribution in [0.3, 0.4) is 0 Å². The average Bonchev–Trinajstić information content (AvgIpc) is 3.29. The Hall–Kier alpha value is -1.06. The Morgan fingerprint density at radius 3 is 2.19 bits per heavy atom. The highest BCUT2D eigenvalue weighted by Crippen LogP contribution is 2.33. The van der Waals surface area contributed by atoms with Gasteiger partial charge in [0.25, 0.3) is 0 Å². The molecule has 2 unspecified atom stereocenters. The van der Waals surface area contributed by atoms with Crippen LogP contribution < -0.4 is 0 Å². The molecule has 4 nitrogen and oxygen atoms in total. The van der Waals surface area contributed by atoms with Crippen molar-refractivity contribution < 1.29 is 14.7 Å². The lowest BCUT2D eigenvalue weighted by Gasteiger charge is -2.30. The summed E-state index contributed by atoms with van der Waals surface area (Å²) in [6, 6.07) is 0.299. The first kappa shape index (κ1) is 16.3. The van der Waals surface area contributed by atoms with E-state index < -0.39 is 11.9 Å². The summed E-state index contributed by atoms with van der Waals surface area (Å²) in [5.74, 6) is -0.383. The maximum Gasteiger partial charge on any atom is 0.308 e. The molecule has 0 aromatic carbocycles. The summed E-state index contributed by atoms with van der Waals surface area (Å²) in [4.78, 5) is 25.6. The molecule has 1 amide bonds. The Morgan fingerprint density at radius 2 is 1.67 bits per heavy atom. The smallest absolute Gasteiger partial charge is 0.308 e. The second-order valence-electron chi connectivity index (χ2n) is 7.10. The highest BCUT2D eigenvalue weighted by atomic mass is 16.4. The van der Waals surface area contributed by atoms with Gasteiger partial charge in [0.2, 0.25) is 5.91 Å². The van der Waals surface area contributed by atoms with E-state index in [4.69, 9.17) is 5.11 Å². The first-order valence-electron chi connectivity index (χ1n) is 8.52. The van der Waals surface area contributed by atoms with E-state index in [1.54, 1.807) is 6.92 Å². The lowest BCUT2D eigenvalue weighted by molar-refractivity contribution is -0.144. The quantitative estimate of drug-likeness (QED) is 0.784. The molecule has 0 spiro atoms. The number of aliphatic carboxylic acids is 1. The second kappa shape index (κ2) is 7.28. The summed E-state index contributed by atoms with van der Waals surface area (Å²) in [6.45, 7) is 4.09. The predicted molar refractivity (Wildman–Crippen MR) is 81.9 cm³/mol. The number of hydrogen-bond acceptors (Lipinski definition) is 2. The van der Waals surface area contributed by atoms with E-state index in [1.807, 2.05) is 11.8 Å². The molecule has 0 aliphatic heterocycles. The van der Waals surface area contributed by atoms with Crippen molar-refractivity contribution in [3.63, 3.8) is 0 Å². The predicted octanol–water partition coefficient (Wildman–Crippen LogP) is 3.30. The zero-order chi connectivity index (χ0) is 15.4. The Morgan fingerprint density at radius 1 is 1.05 bits per heavy atom. The molecule has 2 rings (SSSR count). The van der Waals surface area contributed by atoms with Gasteiger partial charge in [-0.15, -0.1) is 0 Å². The molecule has 0 bridgehead atoms. The average molecular weight is 295 g/mol. The summed E-state index contributed by atoms with van der Waals surface area (Å²) in [6.07, 6.45) is 9.50. The number of nitrogens with zero attached hydrogens (tertiary/aromatic N) is 1. The Bertz CT molecular complexity index is 372. The van der Waals surface area contributed by atoms with Crippen LogP contribution in [-0.2, 0) is 9.59 Å².